The van der Waals surface area contributed by atoms with E-state index in [4.69, 9.17) is 5.21 Å². The summed E-state index contributed by atoms with van der Waals surface area (Å²) in [7, 11) is 0. The molecule has 8 heteroatoms. The van der Waals surface area contributed by atoms with Crippen LogP contribution in [0.25, 0.3) is 0 Å². The van der Waals surface area contributed by atoms with Gasteiger partial charge in [-0.3, -0.25) is 24.4 Å². The van der Waals surface area contributed by atoms with E-state index in [0.717, 1.165) is 5.56 Å². The van der Waals surface area contributed by atoms with Gasteiger partial charge in [0.05, 0.1) is 0 Å². The van der Waals surface area contributed by atoms with Gasteiger partial charge in [0, 0.05) is 36.4 Å². The number of hydrogen-bond donors (Lipinski definition) is 4. The minimum Gasteiger partial charge on any atom is -0.355 e. The third-order valence-corrected chi connectivity index (χ3v) is 5.36. The second-order valence-electron chi connectivity index (χ2n) is 8.62. The van der Waals surface area contributed by atoms with E-state index >= 15 is 0 Å². The summed E-state index contributed by atoms with van der Waals surface area (Å²) in [6.07, 6.45) is 0.467. The van der Waals surface area contributed by atoms with Gasteiger partial charge < -0.3 is 10.6 Å². The number of carbonyl (C=O) groups excluding carboxylic acids is 4. The highest BCUT2D eigenvalue weighted by Gasteiger charge is 2.28. The Bertz CT molecular complexity index is 974. The molecule has 0 aromatic heterocycles. The maximum Gasteiger partial charge on any atom is 0.244 e. The molecule has 0 heterocycles. The standard InChI is InChI=1S/C26H33N3O5/c1-4-27-26(33)22(28-25(32)21(14-17(2)3)16-23(30)29-34)15-18-10-12-20(13-11-18)24(31)19-8-6-5-7-9-19/h5-13,17,21-22,34H,4,14-16H2,1-3H3,(H,27,33)(H,28,32)(H,29,30)/t21-,22+/m1/s1. The van der Waals surface area contributed by atoms with Crippen molar-refractivity contribution in [3.05, 3.63) is 71.3 Å². The molecule has 2 aromatic carbocycles. The Kier molecular flexibility index (Phi) is 10.4. The summed E-state index contributed by atoms with van der Waals surface area (Å²) in [5, 5.41) is 14.3. The Labute approximate surface area is 200 Å². The van der Waals surface area contributed by atoms with E-state index in [1.807, 2.05) is 19.9 Å². The molecule has 2 atom stereocenters. The summed E-state index contributed by atoms with van der Waals surface area (Å²) < 4.78 is 0. The van der Waals surface area contributed by atoms with Gasteiger partial charge in [0.2, 0.25) is 17.7 Å². The molecule has 0 aliphatic carbocycles. The van der Waals surface area contributed by atoms with E-state index in [1.165, 1.54) is 0 Å². The summed E-state index contributed by atoms with van der Waals surface area (Å²) in [6, 6.07) is 15.0. The second kappa shape index (κ2) is 13.3. The summed E-state index contributed by atoms with van der Waals surface area (Å²) in [5.74, 6) is -2.07. The van der Waals surface area contributed by atoms with Crippen LogP contribution in [0.4, 0.5) is 0 Å². The molecule has 0 spiro atoms. The highest BCUT2D eigenvalue weighted by molar-refractivity contribution is 6.08. The van der Waals surface area contributed by atoms with E-state index in [2.05, 4.69) is 10.6 Å². The molecule has 3 amide bonds. The highest BCUT2D eigenvalue weighted by Crippen LogP contribution is 2.17. The van der Waals surface area contributed by atoms with Crippen LogP contribution in [-0.2, 0) is 20.8 Å². The van der Waals surface area contributed by atoms with E-state index in [9.17, 15) is 19.2 Å². The smallest absolute Gasteiger partial charge is 0.244 e. The molecular formula is C26H33N3O5. The van der Waals surface area contributed by atoms with Gasteiger partial charge in [-0.2, -0.15) is 0 Å². The predicted molar refractivity (Wildman–Crippen MR) is 128 cm³/mol. The first kappa shape index (κ1) is 26.7. The third-order valence-electron chi connectivity index (χ3n) is 5.36. The average molecular weight is 468 g/mol. The van der Waals surface area contributed by atoms with Crippen molar-refractivity contribution in [2.75, 3.05) is 6.54 Å². The van der Waals surface area contributed by atoms with Gasteiger partial charge >= 0.3 is 0 Å². The molecule has 0 saturated carbocycles. The fourth-order valence-corrected chi connectivity index (χ4v) is 3.70. The van der Waals surface area contributed by atoms with Gasteiger partial charge in [0.1, 0.15) is 6.04 Å². The Morgan fingerprint density at radius 3 is 2.06 bits per heavy atom. The molecule has 182 valence electrons. The Balaban J connectivity index is 2.16. The molecule has 0 aliphatic heterocycles. The van der Waals surface area contributed by atoms with Crippen molar-refractivity contribution in [1.82, 2.24) is 16.1 Å². The molecule has 0 radical (unpaired) electrons. The first-order valence-corrected chi connectivity index (χ1v) is 11.4. The monoisotopic (exact) mass is 467 g/mol. The predicted octanol–water partition coefficient (Wildman–Crippen LogP) is 2.64. The highest BCUT2D eigenvalue weighted by atomic mass is 16.5. The number of hydrogen-bond acceptors (Lipinski definition) is 5. The Morgan fingerprint density at radius 2 is 1.50 bits per heavy atom. The number of likely N-dealkylation sites (N-methyl/N-ethyl adjacent to an activating group) is 1. The number of hydroxylamine groups is 1. The zero-order chi connectivity index (χ0) is 25.1. The van der Waals surface area contributed by atoms with Crippen molar-refractivity contribution in [2.45, 2.75) is 46.1 Å². The van der Waals surface area contributed by atoms with Crippen molar-refractivity contribution in [3.63, 3.8) is 0 Å². The van der Waals surface area contributed by atoms with E-state index in [0.29, 0.717) is 24.1 Å². The number of amides is 3. The number of rotatable bonds is 12. The second-order valence-corrected chi connectivity index (χ2v) is 8.62. The van der Waals surface area contributed by atoms with Crippen molar-refractivity contribution in [3.8, 4) is 0 Å². The third kappa shape index (κ3) is 8.12. The molecule has 8 nitrogen and oxygen atoms in total. The van der Waals surface area contributed by atoms with E-state index in [1.54, 1.807) is 60.9 Å². The lowest BCUT2D eigenvalue weighted by Gasteiger charge is -2.23. The summed E-state index contributed by atoms with van der Waals surface area (Å²) in [5.41, 5.74) is 3.45. The molecule has 4 N–H and O–H groups in total. The molecule has 0 bridgehead atoms. The number of carbonyl (C=O) groups is 4. The van der Waals surface area contributed by atoms with Crippen LogP contribution in [0.2, 0.25) is 0 Å². The fourth-order valence-electron chi connectivity index (χ4n) is 3.70. The number of nitrogens with one attached hydrogen (secondary N) is 3. The topological polar surface area (TPSA) is 125 Å². The van der Waals surface area contributed by atoms with Crippen molar-refractivity contribution >= 4 is 23.5 Å². The summed E-state index contributed by atoms with van der Waals surface area (Å²) in [6.45, 7) is 6.04. The first-order chi connectivity index (χ1) is 16.2. The first-order valence-electron chi connectivity index (χ1n) is 11.4. The molecule has 34 heavy (non-hydrogen) atoms. The summed E-state index contributed by atoms with van der Waals surface area (Å²) in [4.78, 5) is 49.9. The van der Waals surface area contributed by atoms with Crippen LogP contribution >= 0.6 is 0 Å². The van der Waals surface area contributed by atoms with Crippen molar-refractivity contribution in [1.29, 1.82) is 0 Å². The average Bonchev–Trinajstić information content (AvgIpc) is 2.83. The number of ketones is 1. The number of benzene rings is 2. The lowest BCUT2D eigenvalue weighted by atomic mass is 9.92. The minimum absolute atomic E-state index is 0.0978. The van der Waals surface area contributed by atoms with Crippen molar-refractivity contribution in [2.24, 2.45) is 11.8 Å². The van der Waals surface area contributed by atoms with Gasteiger partial charge in [-0.25, -0.2) is 5.48 Å². The fraction of sp³-hybridized carbons (Fsp3) is 0.385. The van der Waals surface area contributed by atoms with E-state index in [-0.39, 0.29) is 30.4 Å². The lowest BCUT2D eigenvalue weighted by Crippen LogP contribution is -2.50. The van der Waals surface area contributed by atoms with Crippen LogP contribution < -0.4 is 16.1 Å². The van der Waals surface area contributed by atoms with Gasteiger partial charge in [-0.1, -0.05) is 68.4 Å². The van der Waals surface area contributed by atoms with Crippen LogP contribution in [-0.4, -0.2) is 41.3 Å². The van der Waals surface area contributed by atoms with Crippen LogP contribution in [0.3, 0.4) is 0 Å². The Morgan fingerprint density at radius 1 is 0.882 bits per heavy atom. The molecule has 2 aromatic rings. The van der Waals surface area contributed by atoms with Gasteiger partial charge in [0.15, 0.2) is 5.78 Å². The van der Waals surface area contributed by atoms with Crippen LogP contribution in [0.5, 0.6) is 0 Å². The maximum absolute atomic E-state index is 12.9. The van der Waals surface area contributed by atoms with Crippen LogP contribution in [0.15, 0.2) is 54.6 Å². The molecule has 0 saturated heterocycles. The Hall–Kier alpha value is -3.52. The van der Waals surface area contributed by atoms with Gasteiger partial charge in [-0.05, 0) is 24.8 Å². The largest absolute Gasteiger partial charge is 0.355 e. The molecular weight excluding hydrogens is 434 g/mol. The lowest BCUT2D eigenvalue weighted by molar-refractivity contribution is -0.136. The zero-order valence-corrected chi connectivity index (χ0v) is 19.8. The quantitative estimate of drug-likeness (QED) is 0.217. The molecule has 0 fully saturated rings. The van der Waals surface area contributed by atoms with Crippen LogP contribution in [0.1, 0.15) is 55.1 Å². The van der Waals surface area contributed by atoms with E-state index < -0.39 is 23.8 Å². The summed E-state index contributed by atoms with van der Waals surface area (Å²) >= 11 is 0. The maximum atomic E-state index is 12.9. The normalized spacial score (nSPS) is 12.5. The molecule has 2 rings (SSSR count). The SMILES string of the molecule is CCNC(=O)[C@H](Cc1ccc(C(=O)c2ccccc2)cc1)NC(=O)[C@@H](CC(=O)NO)CC(C)C. The zero-order valence-electron chi connectivity index (χ0n) is 19.8. The minimum atomic E-state index is -0.852. The van der Waals surface area contributed by atoms with Gasteiger partial charge in [0.25, 0.3) is 0 Å². The van der Waals surface area contributed by atoms with Crippen LogP contribution in [0, 0.1) is 11.8 Å². The van der Waals surface area contributed by atoms with Gasteiger partial charge in [-0.15, -0.1) is 0 Å². The molecule has 0 unspecified atom stereocenters. The molecule has 0 aliphatic rings. The van der Waals surface area contributed by atoms with Crippen molar-refractivity contribution < 1.29 is 24.4 Å².